The average Bonchev–Trinajstić information content (AvgIpc) is 3.94. The van der Waals surface area contributed by atoms with Crippen LogP contribution in [-0.4, -0.2) is 21.1 Å². The number of para-hydroxylation sites is 2. The van der Waals surface area contributed by atoms with Gasteiger partial charge in [-0.2, -0.15) is 0 Å². The number of hydrogen-bond acceptors (Lipinski definition) is 6. The summed E-state index contributed by atoms with van der Waals surface area (Å²) < 4.78 is 15.7. The smallest absolute Gasteiger partial charge is 0.164 e. The van der Waals surface area contributed by atoms with Gasteiger partial charge in [0.15, 0.2) is 17.5 Å². The quantitative estimate of drug-likeness (QED) is 0.181. The van der Waals surface area contributed by atoms with Gasteiger partial charge in [-0.3, -0.25) is 0 Å². The molecule has 0 saturated carbocycles. The van der Waals surface area contributed by atoms with Gasteiger partial charge in [0.25, 0.3) is 0 Å². The molecule has 12 rings (SSSR count). The predicted molar refractivity (Wildman–Crippen MR) is 225 cm³/mol. The lowest BCUT2D eigenvalue weighted by Crippen LogP contribution is -2.19. The highest BCUT2D eigenvalue weighted by atomic mass is 32.1. The van der Waals surface area contributed by atoms with Gasteiger partial charge in [0.1, 0.15) is 23.0 Å². The molecule has 6 heteroatoms. The fourth-order valence-electron chi connectivity index (χ4n) is 8.55. The van der Waals surface area contributed by atoms with E-state index in [4.69, 9.17) is 24.1 Å². The van der Waals surface area contributed by atoms with E-state index in [1.807, 2.05) is 18.2 Å². The lowest BCUT2D eigenvalue weighted by atomic mass is 9.80. The van der Waals surface area contributed by atoms with Crippen LogP contribution in [0.2, 0.25) is 0 Å². The molecule has 258 valence electrons. The molecular weight excluding hydrogens is 695 g/mol. The van der Waals surface area contributed by atoms with Crippen molar-refractivity contribution in [1.82, 2.24) is 15.0 Å². The number of ether oxygens (including phenoxy) is 1. The largest absolute Gasteiger partial charge is 0.485 e. The van der Waals surface area contributed by atoms with E-state index in [-0.39, 0.29) is 12.0 Å². The third kappa shape index (κ3) is 4.75. The predicted octanol–water partition coefficient (Wildman–Crippen LogP) is 12.8. The molecule has 0 saturated heterocycles. The highest BCUT2D eigenvalue weighted by Gasteiger charge is 2.38. The van der Waals surface area contributed by atoms with E-state index in [1.54, 1.807) is 11.3 Å². The summed E-state index contributed by atoms with van der Waals surface area (Å²) in [5.41, 5.74) is 7.78. The lowest BCUT2D eigenvalue weighted by molar-refractivity contribution is 0.271. The highest BCUT2D eigenvalue weighted by molar-refractivity contribution is 7.25. The summed E-state index contributed by atoms with van der Waals surface area (Å²) in [4.78, 5) is 15.7. The second kappa shape index (κ2) is 11.8. The molecule has 10 aromatic rings. The van der Waals surface area contributed by atoms with Crippen molar-refractivity contribution in [3.05, 3.63) is 175 Å². The molecule has 1 aliphatic heterocycles. The Kier molecular flexibility index (Phi) is 6.56. The van der Waals surface area contributed by atoms with Gasteiger partial charge in [0.05, 0.1) is 5.92 Å². The summed E-state index contributed by atoms with van der Waals surface area (Å²) in [6.07, 6.45) is 6.38. The Morgan fingerprint density at radius 1 is 0.545 bits per heavy atom. The standard InChI is InChI=1S/C49H29N3O2S/c1-2-11-29-26-30(21-20-28(29)10-1)47-50-48(31-22-25-43-38(27-31)32-12-5-8-19-42(32)55-43)52-49(51-47)37-24-23-34(46-45(37)36-14-4-7-17-40(36)54-46)33-15-9-18-41-44(33)35-13-3-6-16-39(35)53-41/h1-27,41,44H. The van der Waals surface area contributed by atoms with Gasteiger partial charge in [-0.25, -0.2) is 15.0 Å². The Morgan fingerprint density at radius 3 is 2.18 bits per heavy atom. The normalized spacial score (nSPS) is 16.2. The number of benzene rings is 7. The Balaban J connectivity index is 1.10. The fraction of sp³-hybridized carbons (Fsp3) is 0.0408. The molecule has 0 N–H and O–H groups in total. The second-order valence-corrected chi connectivity index (χ2v) is 15.3. The summed E-state index contributed by atoms with van der Waals surface area (Å²) in [5, 5.41) is 6.73. The Morgan fingerprint density at radius 2 is 1.25 bits per heavy atom. The molecule has 0 amide bonds. The number of furan rings is 1. The van der Waals surface area contributed by atoms with Gasteiger partial charge in [0, 0.05) is 58.8 Å². The van der Waals surface area contributed by atoms with Crippen molar-refractivity contribution in [2.24, 2.45) is 0 Å². The fourth-order valence-corrected chi connectivity index (χ4v) is 9.64. The van der Waals surface area contributed by atoms with E-state index in [0.29, 0.717) is 17.5 Å². The van der Waals surface area contributed by atoms with E-state index >= 15 is 0 Å². The zero-order chi connectivity index (χ0) is 36.0. The first-order chi connectivity index (χ1) is 27.2. The number of hydrogen-bond donors (Lipinski definition) is 0. The van der Waals surface area contributed by atoms with E-state index in [9.17, 15) is 0 Å². The molecule has 3 aromatic heterocycles. The number of fused-ring (bicyclic) bond motifs is 10. The van der Waals surface area contributed by atoms with Gasteiger partial charge in [-0.15, -0.1) is 11.3 Å². The van der Waals surface area contributed by atoms with Crippen molar-refractivity contribution in [3.8, 4) is 39.9 Å². The minimum absolute atomic E-state index is 0.0508. The third-order valence-electron chi connectivity index (χ3n) is 11.1. The van der Waals surface area contributed by atoms with Crippen LogP contribution in [0.3, 0.4) is 0 Å². The van der Waals surface area contributed by atoms with Crippen molar-refractivity contribution < 1.29 is 9.15 Å². The van der Waals surface area contributed by atoms with Crippen molar-refractivity contribution in [2.75, 3.05) is 0 Å². The first-order valence-corrected chi connectivity index (χ1v) is 19.3. The maximum Gasteiger partial charge on any atom is 0.164 e. The molecule has 2 unspecified atom stereocenters. The van der Waals surface area contributed by atoms with E-state index < -0.39 is 0 Å². The number of thiophene rings is 1. The molecule has 0 radical (unpaired) electrons. The first-order valence-electron chi connectivity index (χ1n) is 18.5. The lowest BCUT2D eigenvalue weighted by Gasteiger charge is -2.23. The minimum atomic E-state index is -0.0789. The minimum Gasteiger partial charge on any atom is -0.485 e. The maximum atomic E-state index is 6.82. The summed E-state index contributed by atoms with van der Waals surface area (Å²) in [6.45, 7) is 0. The van der Waals surface area contributed by atoms with Gasteiger partial charge in [-0.05, 0) is 71.0 Å². The summed E-state index contributed by atoms with van der Waals surface area (Å²) in [7, 11) is 0. The molecule has 0 spiro atoms. The monoisotopic (exact) mass is 723 g/mol. The Bertz CT molecular complexity index is 3280. The van der Waals surface area contributed by atoms with Gasteiger partial charge >= 0.3 is 0 Å². The van der Waals surface area contributed by atoms with Gasteiger partial charge in [0.2, 0.25) is 0 Å². The number of aromatic nitrogens is 3. The molecule has 55 heavy (non-hydrogen) atoms. The molecule has 2 aliphatic rings. The molecule has 2 atom stereocenters. The number of nitrogens with zero attached hydrogens (tertiary/aromatic N) is 3. The van der Waals surface area contributed by atoms with Crippen LogP contribution in [0.1, 0.15) is 17.0 Å². The molecule has 5 nitrogen and oxygen atoms in total. The van der Waals surface area contributed by atoms with Crippen LogP contribution in [0, 0.1) is 0 Å². The van der Waals surface area contributed by atoms with E-state index in [1.165, 1.54) is 31.1 Å². The molecule has 0 bridgehead atoms. The van der Waals surface area contributed by atoms with Crippen LogP contribution in [0.25, 0.3) is 92.6 Å². The van der Waals surface area contributed by atoms with Crippen LogP contribution in [0.4, 0.5) is 0 Å². The summed E-state index contributed by atoms with van der Waals surface area (Å²) in [6, 6.07) is 50.8. The summed E-state index contributed by atoms with van der Waals surface area (Å²) >= 11 is 1.80. The molecule has 1 aliphatic carbocycles. The molecule has 7 aromatic carbocycles. The van der Waals surface area contributed by atoms with Gasteiger partial charge < -0.3 is 9.15 Å². The van der Waals surface area contributed by atoms with Gasteiger partial charge in [-0.1, -0.05) is 109 Å². The topological polar surface area (TPSA) is 61.0 Å². The average molecular weight is 724 g/mol. The molecule has 0 fully saturated rings. The third-order valence-corrected chi connectivity index (χ3v) is 12.3. The second-order valence-electron chi connectivity index (χ2n) is 14.2. The maximum absolute atomic E-state index is 6.82. The van der Waals surface area contributed by atoms with Crippen LogP contribution >= 0.6 is 11.3 Å². The summed E-state index contributed by atoms with van der Waals surface area (Å²) in [5.74, 6) is 2.82. The molecular formula is C49H29N3O2S. The molecule has 4 heterocycles. The van der Waals surface area contributed by atoms with Crippen molar-refractivity contribution in [3.63, 3.8) is 0 Å². The Labute approximate surface area is 319 Å². The van der Waals surface area contributed by atoms with Crippen molar-refractivity contribution >= 4 is 69.8 Å². The van der Waals surface area contributed by atoms with Crippen LogP contribution in [0.5, 0.6) is 5.75 Å². The number of allylic oxidation sites excluding steroid dienone is 2. The highest BCUT2D eigenvalue weighted by Crippen LogP contribution is 2.50. The van der Waals surface area contributed by atoms with Crippen LogP contribution in [-0.2, 0) is 0 Å². The zero-order valence-electron chi connectivity index (χ0n) is 29.3. The zero-order valence-corrected chi connectivity index (χ0v) is 30.1. The van der Waals surface area contributed by atoms with Crippen molar-refractivity contribution in [2.45, 2.75) is 12.0 Å². The SMILES string of the molecule is C1=CC2Oc3ccccc3C2C(c2ccc(-c3nc(-c4ccc5ccccc5c4)nc(-c4ccc5sc6ccccc6c5c4)n3)c3c2oc2ccccc23)=C1. The number of rotatable bonds is 4. The Hall–Kier alpha value is -6.89. The van der Waals surface area contributed by atoms with Crippen LogP contribution < -0.4 is 4.74 Å². The van der Waals surface area contributed by atoms with E-state index in [2.05, 4.69) is 146 Å². The van der Waals surface area contributed by atoms with Crippen molar-refractivity contribution in [1.29, 1.82) is 0 Å². The first kappa shape index (κ1) is 30.6. The van der Waals surface area contributed by atoms with E-state index in [0.717, 1.165) is 60.9 Å². The van der Waals surface area contributed by atoms with Crippen LogP contribution in [0.15, 0.2) is 168 Å².